The highest BCUT2D eigenvalue weighted by atomic mass is 16.5. The fourth-order valence-corrected chi connectivity index (χ4v) is 1.39. The molecule has 0 aliphatic carbocycles. The first-order chi connectivity index (χ1) is 8.69. The fraction of sp³-hybridized carbons (Fsp3) is 0.385. The topological polar surface area (TPSA) is 59.9 Å². The van der Waals surface area contributed by atoms with Crippen LogP contribution >= 0.6 is 0 Å². The second-order valence-electron chi connectivity index (χ2n) is 3.65. The Morgan fingerprint density at radius 3 is 2.67 bits per heavy atom. The van der Waals surface area contributed by atoms with E-state index in [-0.39, 0.29) is 11.9 Å². The third-order valence-electron chi connectivity index (χ3n) is 2.35. The Morgan fingerprint density at radius 1 is 1.33 bits per heavy atom. The zero-order chi connectivity index (χ0) is 13.4. The monoisotopic (exact) mass is 250 g/mol. The summed E-state index contributed by atoms with van der Waals surface area (Å²) in [5, 5.41) is 2.62. The van der Waals surface area contributed by atoms with E-state index in [2.05, 4.69) is 10.3 Å². The lowest BCUT2D eigenvalue weighted by Crippen LogP contribution is -2.32. The van der Waals surface area contributed by atoms with Gasteiger partial charge in [0.05, 0.1) is 20.3 Å². The van der Waals surface area contributed by atoms with Crippen molar-refractivity contribution in [1.82, 2.24) is 5.32 Å². The molecular formula is C13H18N2O3. The Labute approximate surface area is 107 Å². The molecule has 1 amide bonds. The molecule has 0 spiro atoms. The van der Waals surface area contributed by atoms with Crippen LogP contribution in [-0.4, -0.2) is 39.3 Å². The Bertz CT molecular complexity index is 430. The van der Waals surface area contributed by atoms with Gasteiger partial charge in [0, 0.05) is 12.7 Å². The molecule has 0 unspecified atom stereocenters. The van der Waals surface area contributed by atoms with E-state index in [9.17, 15) is 4.79 Å². The van der Waals surface area contributed by atoms with Gasteiger partial charge in [-0.3, -0.25) is 10.1 Å². The standard InChI is InChI=1S/C13H18N2O3/c1-10-6-4-5-7-11(10)12(16)15-13(18-3)14-8-9-17-2/h4-7H,8-9H2,1-3H3,(H,14,15,16). The van der Waals surface area contributed by atoms with Gasteiger partial charge in [-0.1, -0.05) is 18.2 Å². The van der Waals surface area contributed by atoms with Gasteiger partial charge in [0.2, 0.25) is 0 Å². The maximum Gasteiger partial charge on any atom is 0.291 e. The van der Waals surface area contributed by atoms with Gasteiger partial charge in [0.15, 0.2) is 0 Å². The van der Waals surface area contributed by atoms with E-state index in [0.29, 0.717) is 18.7 Å². The lowest BCUT2D eigenvalue weighted by Gasteiger charge is -2.08. The van der Waals surface area contributed by atoms with E-state index >= 15 is 0 Å². The van der Waals surface area contributed by atoms with Crippen LogP contribution in [0.25, 0.3) is 0 Å². The molecule has 0 radical (unpaired) electrons. The number of amidine groups is 1. The molecule has 0 bridgehead atoms. The number of hydrogen-bond acceptors (Lipinski definition) is 4. The van der Waals surface area contributed by atoms with E-state index in [1.165, 1.54) is 7.11 Å². The third kappa shape index (κ3) is 4.18. The van der Waals surface area contributed by atoms with Gasteiger partial charge in [-0.25, -0.2) is 4.99 Å². The lowest BCUT2D eigenvalue weighted by molar-refractivity contribution is 0.0967. The Hall–Kier alpha value is -1.88. The normalized spacial score (nSPS) is 11.2. The number of hydrogen-bond donors (Lipinski definition) is 1. The Balaban J connectivity index is 2.68. The average Bonchev–Trinajstić information content (AvgIpc) is 2.38. The molecule has 1 aromatic rings. The molecule has 1 aromatic carbocycles. The van der Waals surface area contributed by atoms with Crippen LogP contribution in [0.3, 0.4) is 0 Å². The van der Waals surface area contributed by atoms with Gasteiger partial charge in [0.25, 0.3) is 11.9 Å². The smallest absolute Gasteiger partial charge is 0.291 e. The molecule has 98 valence electrons. The molecule has 0 fully saturated rings. The molecule has 0 saturated heterocycles. The minimum Gasteiger partial charge on any atom is -0.468 e. The van der Waals surface area contributed by atoms with Crippen LogP contribution in [0.2, 0.25) is 0 Å². The number of amides is 1. The van der Waals surface area contributed by atoms with Crippen LogP contribution in [0.5, 0.6) is 0 Å². The minimum absolute atomic E-state index is 0.195. The summed E-state index contributed by atoms with van der Waals surface area (Å²) in [6.45, 7) is 2.80. The number of carbonyl (C=O) groups is 1. The third-order valence-corrected chi connectivity index (χ3v) is 2.35. The number of nitrogens with zero attached hydrogens (tertiary/aromatic N) is 1. The fourth-order valence-electron chi connectivity index (χ4n) is 1.39. The first-order valence-electron chi connectivity index (χ1n) is 5.63. The molecule has 0 aliphatic heterocycles. The highest BCUT2D eigenvalue weighted by Gasteiger charge is 2.10. The summed E-state index contributed by atoms with van der Waals surface area (Å²) < 4.78 is 9.86. The van der Waals surface area contributed by atoms with E-state index in [0.717, 1.165) is 5.56 Å². The number of methoxy groups -OCH3 is 2. The Morgan fingerprint density at radius 2 is 2.06 bits per heavy atom. The van der Waals surface area contributed by atoms with Crippen LogP contribution in [0.1, 0.15) is 15.9 Å². The highest BCUT2D eigenvalue weighted by Crippen LogP contribution is 2.06. The number of aliphatic imine (C=N–C) groups is 1. The Kier molecular flexibility index (Phi) is 5.87. The largest absolute Gasteiger partial charge is 0.468 e. The zero-order valence-electron chi connectivity index (χ0n) is 10.9. The van der Waals surface area contributed by atoms with Crippen LogP contribution in [0.15, 0.2) is 29.3 Å². The van der Waals surface area contributed by atoms with Crippen molar-refractivity contribution in [3.8, 4) is 0 Å². The van der Waals surface area contributed by atoms with Crippen molar-refractivity contribution < 1.29 is 14.3 Å². The molecule has 1 rings (SSSR count). The summed E-state index contributed by atoms with van der Waals surface area (Å²) >= 11 is 0. The van der Waals surface area contributed by atoms with Gasteiger partial charge in [-0.2, -0.15) is 0 Å². The average molecular weight is 250 g/mol. The van der Waals surface area contributed by atoms with Gasteiger partial charge in [0.1, 0.15) is 0 Å². The predicted octanol–water partition coefficient (Wildman–Crippen LogP) is 1.37. The molecule has 18 heavy (non-hydrogen) atoms. The SMILES string of the molecule is COCCN=C(NC(=O)c1ccccc1C)OC. The van der Waals surface area contributed by atoms with Crippen LogP contribution in [-0.2, 0) is 9.47 Å². The summed E-state index contributed by atoms with van der Waals surface area (Å²) in [6, 6.07) is 7.53. The minimum atomic E-state index is -0.230. The van der Waals surface area contributed by atoms with Crippen molar-refractivity contribution in [2.24, 2.45) is 4.99 Å². The van der Waals surface area contributed by atoms with Crippen molar-refractivity contribution in [1.29, 1.82) is 0 Å². The maximum atomic E-state index is 12.0. The molecule has 1 N–H and O–H groups in total. The highest BCUT2D eigenvalue weighted by molar-refractivity contribution is 6.04. The van der Waals surface area contributed by atoms with Crippen molar-refractivity contribution in [3.63, 3.8) is 0 Å². The molecule has 0 aliphatic rings. The van der Waals surface area contributed by atoms with Crippen LogP contribution < -0.4 is 5.32 Å². The van der Waals surface area contributed by atoms with Gasteiger partial charge < -0.3 is 9.47 Å². The molecule has 5 heteroatoms. The van der Waals surface area contributed by atoms with E-state index in [1.54, 1.807) is 13.2 Å². The second kappa shape index (κ2) is 7.45. The zero-order valence-corrected chi connectivity index (χ0v) is 10.9. The number of ether oxygens (including phenoxy) is 2. The van der Waals surface area contributed by atoms with Gasteiger partial charge in [-0.15, -0.1) is 0 Å². The van der Waals surface area contributed by atoms with Crippen molar-refractivity contribution in [2.45, 2.75) is 6.92 Å². The van der Waals surface area contributed by atoms with Gasteiger partial charge >= 0.3 is 0 Å². The molecule has 0 heterocycles. The summed E-state index contributed by atoms with van der Waals surface area (Å²) in [7, 11) is 3.05. The van der Waals surface area contributed by atoms with Crippen LogP contribution in [0, 0.1) is 6.92 Å². The lowest BCUT2D eigenvalue weighted by atomic mass is 10.1. The second-order valence-corrected chi connectivity index (χ2v) is 3.65. The first-order valence-corrected chi connectivity index (χ1v) is 5.63. The van der Waals surface area contributed by atoms with Crippen molar-refractivity contribution in [3.05, 3.63) is 35.4 Å². The van der Waals surface area contributed by atoms with Crippen molar-refractivity contribution in [2.75, 3.05) is 27.4 Å². The molecular weight excluding hydrogens is 232 g/mol. The number of nitrogens with one attached hydrogen (secondary N) is 1. The van der Waals surface area contributed by atoms with E-state index < -0.39 is 0 Å². The van der Waals surface area contributed by atoms with Crippen LogP contribution in [0.4, 0.5) is 0 Å². The number of benzene rings is 1. The molecule has 0 atom stereocenters. The summed E-state index contributed by atoms with van der Waals surface area (Å²) in [4.78, 5) is 16.0. The number of carbonyl (C=O) groups excluding carboxylic acids is 1. The van der Waals surface area contributed by atoms with E-state index in [1.807, 2.05) is 25.1 Å². The first kappa shape index (κ1) is 14.2. The molecule has 0 aromatic heterocycles. The predicted molar refractivity (Wildman–Crippen MR) is 69.8 cm³/mol. The molecule has 0 saturated carbocycles. The summed E-state index contributed by atoms with van der Waals surface area (Å²) in [5.74, 6) is -0.230. The quantitative estimate of drug-likeness (QED) is 0.499. The number of aryl methyl sites for hydroxylation is 1. The summed E-state index contributed by atoms with van der Waals surface area (Å²) in [5.41, 5.74) is 1.51. The van der Waals surface area contributed by atoms with Gasteiger partial charge in [-0.05, 0) is 18.6 Å². The number of rotatable bonds is 4. The maximum absolute atomic E-state index is 12.0. The van der Waals surface area contributed by atoms with Crippen molar-refractivity contribution >= 4 is 11.9 Å². The van der Waals surface area contributed by atoms with E-state index in [4.69, 9.17) is 9.47 Å². The molecule has 5 nitrogen and oxygen atoms in total. The summed E-state index contributed by atoms with van der Waals surface area (Å²) in [6.07, 6.45) is 0.